The summed E-state index contributed by atoms with van der Waals surface area (Å²) >= 11 is 0. The number of carbonyl (C=O) groups is 4. The second-order valence-electron chi connectivity index (χ2n) is 11.8. The first-order valence-electron chi connectivity index (χ1n) is 14.6. The van der Waals surface area contributed by atoms with Crippen LogP contribution in [0, 0.1) is 0 Å². The number of fused-ring (bicyclic) bond motifs is 6. The van der Waals surface area contributed by atoms with E-state index >= 15 is 0 Å². The molecule has 48 heavy (non-hydrogen) atoms. The van der Waals surface area contributed by atoms with E-state index in [1.54, 1.807) is 24.3 Å². The van der Waals surface area contributed by atoms with Gasteiger partial charge in [-0.2, -0.15) is 0 Å². The van der Waals surface area contributed by atoms with Crippen LogP contribution < -0.4 is 0 Å². The van der Waals surface area contributed by atoms with Crippen molar-refractivity contribution >= 4 is 64.4 Å². The monoisotopic (exact) mass is 672 g/mol. The van der Waals surface area contributed by atoms with Crippen molar-refractivity contribution in [2.45, 2.75) is 9.79 Å². The van der Waals surface area contributed by atoms with Crippen molar-refractivity contribution in [3.8, 4) is 0 Å². The molecule has 0 amide bonds. The van der Waals surface area contributed by atoms with Crippen molar-refractivity contribution in [1.29, 1.82) is 0 Å². The van der Waals surface area contributed by atoms with E-state index in [2.05, 4.69) is 0 Å². The van der Waals surface area contributed by atoms with Gasteiger partial charge >= 0.3 is 0 Å². The van der Waals surface area contributed by atoms with E-state index in [9.17, 15) is 36.0 Å². The van der Waals surface area contributed by atoms with Gasteiger partial charge in [-0.25, -0.2) is 16.8 Å². The number of hydrogen-bond donors (Lipinski definition) is 0. The topological polar surface area (TPSA) is 137 Å². The molecule has 8 rings (SSSR count). The molecule has 0 radical (unpaired) electrons. The lowest BCUT2D eigenvalue weighted by atomic mass is 9.83. The lowest BCUT2D eigenvalue weighted by Gasteiger charge is -2.18. The number of rotatable bonds is 2. The Labute approximate surface area is 275 Å². The van der Waals surface area contributed by atoms with Crippen molar-refractivity contribution < 1.29 is 36.0 Å². The highest BCUT2D eigenvalue weighted by molar-refractivity contribution is 7.91. The average molecular weight is 673 g/mol. The number of carbonyl (C=O) groups excluding carboxylic acids is 4. The molecule has 0 fully saturated rings. The van der Waals surface area contributed by atoms with Crippen molar-refractivity contribution in [2.75, 3.05) is 12.5 Å². The normalized spacial score (nSPS) is 13.7. The fraction of sp³-hybridized carbons (Fsp3) is 0.0526. The van der Waals surface area contributed by atoms with Gasteiger partial charge in [0.15, 0.2) is 42.8 Å². The number of benzene rings is 6. The summed E-state index contributed by atoms with van der Waals surface area (Å²) in [4.78, 5) is 51.2. The Balaban J connectivity index is 0.000000152. The maximum Gasteiger partial charge on any atom is 0.194 e. The first-order chi connectivity index (χ1) is 22.7. The van der Waals surface area contributed by atoms with Crippen LogP contribution in [0.2, 0.25) is 0 Å². The van der Waals surface area contributed by atoms with E-state index in [0.29, 0.717) is 22.3 Å². The number of ketones is 4. The molecule has 0 bridgehead atoms. The summed E-state index contributed by atoms with van der Waals surface area (Å²) < 4.78 is 46.9. The molecule has 0 spiro atoms. The van der Waals surface area contributed by atoms with E-state index in [4.69, 9.17) is 0 Å². The van der Waals surface area contributed by atoms with E-state index in [0.717, 1.165) is 34.1 Å². The van der Waals surface area contributed by atoms with Crippen molar-refractivity contribution in [3.05, 3.63) is 154 Å². The minimum absolute atomic E-state index is 0.0339. The fourth-order valence-electron chi connectivity index (χ4n) is 6.09. The molecule has 8 nitrogen and oxygen atoms in total. The SMILES string of the molecule is CS(=O)(=O)c1ccc2c(c1)C(=O)c1cc3ccccc3cc1C2=O.CS(=O)(=O)c1ccc2c(c1)C(=O)c1cc3ccccc3cc1C2=O. The molecule has 0 aromatic heterocycles. The smallest absolute Gasteiger partial charge is 0.194 e. The zero-order valence-electron chi connectivity index (χ0n) is 25.5. The zero-order valence-corrected chi connectivity index (χ0v) is 27.1. The maximum atomic E-state index is 12.8. The van der Waals surface area contributed by atoms with Gasteiger partial charge in [0.2, 0.25) is 0 Å². The van der Waals surface area contributed by atoms with Gasteiger partial charge in [-0.15, -0.1) is 0 Å². The van der Waals surface area contributed by atoms with Gasteiger partial charge in [-0.05, 0) is 82.2 Å². The molecule has 0 atom stereocenters. The molecule has 0 heterocycles. The highest BCUT2D eigenvalue weighted by atomic mass is 32.2. The van der Waals surface area contributed by atoms with Gasteiger partial charge in [0.05, 0.1) is 9.79 Å². The van der Waals surface area contributed by atoms with E-state index in [1.165, 1.54) is 36.4 Å². The number of hydrogen-bond acceptors (Lipinski definition) is 8. The van der Waals surface area contributed by atoms with Crippen LogP contribution in [0.25, 0.3) is 21.5 Å². The first-order valence-corrected chi connectivity index (χ1v) is 18.4. The van der Waals surface area contributed by atoms with Crippen LogP contribution in [-0.4, -0.2) is 52.5 Å². The van der Waals surface area contributed by atoms with Crippen LogP contribution in [0.3, 0.4) is 0 Å². The Kier molecular flexibility index (Phi) is 7.12. The van der Waals surface area contributed by atoms with E-state index in [-0.39, 0.29) is 55.2 Å². The molecule has 0 saturated carbocycles. The first kappa shape index (κ1) is 31.0. The molecule has 0 aliphatic heterocycles. The second-order valence-corrected chi connectivity index (χ2v) is 15.8. The molecule has 0 N–H and O–H groups in total. The predicted octanol–water partition coefficient (Wildman–Crippen LogP) is 6.04. The molecule has 0 unspecified atom stereocenters. The van der Waals surface area contributed by atoms with Crippen LogP contribution in [0.5, 0.6) is 0 Å². The molecule has 10 heteroatoms. The largest absolute Gasteiger partial charge is 0.289 e. The van der Waals surface area contributed by atoms with Crippen LogP contribution in [0.15, 0.2) is 119 Å². The van der Waals surface area contributed by atoms with Gasteiger partial charge in [0.25, 0.3) is 0 Å². The van der Waals surface area contributed by atoms with Crippen LogP contribution in [0.4, 0.5) is 0 Å². The summed E-state index contributed by atoms with van der Waals surface area (Å²) in [5.41, 5.74) is 2.13. The summed E-state index contributed by atoms with van der Waals surface area (Å²) in [6.45, 7) is 0. The molecule has 6 aromatic rings. The maximum absolute atomic E-state index is 12.8. The van der Waals surface area contributed by atoms with Gasteiger partial charge < -0.3 is 0 Å². The third-order valence-corrected chi connectivity index (χ3v) is 10.8. The second kappa shape index (κ2) is 11.0. The average Bonchev–Trinajstić information content (AvgIpc) is 3.07. The van der Waals surface area contributed by atoms with Crippen LogP contribution in [0.1, 0.15) is 63.7 Å². The molecule has 2 aliphatic rings. The molecule has 236 valence electrons. The molecule has 6 aromatic carbocycles. The van der Waals surface area contributed by atoms with Crippen molar-refractivity contribution in [2.24, 2.45) is 0 Å². The Morgan fingerprint density at radius 1 is 0.333 bits per heavy atom. The lowest BCUT2D eigenvalue weighted by Crippen LogP contribution is -2.21. The van der Waals surface area contributed by atoms with E-state index in [1.807, 2.05) is 48.5 Å². The van der Waals surface area contributed by atoms with Gasteiger partial charge in [0, 0.05) is 57.0 Å². The Hall–Kier alpha value is -5.58. The van der Waals surface area contributed by atoms with Crippen LogP contribution >= 0.6 is 0 Å². The summed E-state index contributed by atoms with van der Waals surface area (Å²) in [7, 11) is -6.91. The highest BCUT2D eigenvalue weighted by Crippen LogP contribution is 2.33. The Morgan fingerprint density at radius 3 is 0.854 bits per heavy atom. The summed E-state index contributed by atoms with van der Waals surface area (Å²) in [5.74, 6) is -1.16. The third kappa shape index (κ3) is 5.15. The minimum Gasteiger partial charge on any atom is -0.289 e. The van der Waals surface area contributed by atoms with Crippen molar-refractivity contribution in [1.82, 2.24) is 0 Å². The highest BCUT2D eigenvalue weighted by Gasteiger charge is 2.32. The fourth-order valence-corrected chi connectivity index (χ4v) is 7.39. The van der Waals surface area contributed by atoms with Crippen molar-refractivity contribution in [3.63, 3.8) is 0 Å². The van der Waals surface area contributed by atoms with Gasteiger partial charge in [-0.3, -0.25) is 19.2 Å². The van der Waals surface area contributed by atoms with Gasteiger partial charge in [0.1, 0.15) is 0 Å². The quantitative estimate of drug-likeness (QED) is 0.217. The van der Waals surface area contributed by atoms with Crippen LogP contribution in [-0.2, 0) is 19.7 Å². The summed E-state index contributed by atoms with van der Waals surface area (Å²) in [5, 5.41) is 3.49. The van der Waals surface area contributed by atoms with Gasteiger partial charge in [-0.1, -0.05) is 48.5 Å². The summed E-state index contributed by atoms with van der Waals surface area (Å²) in [6.07, 6.45) is 2.15. The number of sulfone groups is 2. The molecular weight excluding hydrogens is 649 g/mol. The predicted molar refractivity (Wildman–Crippen MR) is 181 cm³/mol. The zero-order chi connectivity index (χ0) is 34.1. The lowest BCUT2D eigenvalue weighted by molar-refractivity contribution is 0.0979. The molecule has 2 aliphatic carbocycles. The Morgan fingerprint density at radius 2 is 0.583 bits per heavy atom. The molecular formula is C38H24O8S2. The summed E-state index contributed by atoms with van der Waals surface area (Å²) in [6, 6.07) is 30.0. The third-order valence-electron chi connectivity index (χ3n) is 8.57. The molecule has 0 saturated heterocycles. The van der Waals surface area contributed by atoms with E-state index < -0.39 is 19.7 Å². The standard InChI is InChI=1S/2C19H12O4S/c2*1-24(22,23)13-6-7-14-17(10-13)19(21)16-9-12-5-3-2-4-11(12)8-15(16)18(14)20/h2*2-10H,1H3. The Bertz CT molecular complexity index is 2500. The minimum atomic E-state index is -3.45.